The SMILES string of the molecule is C/C=C/C.CCC.Cc1ccc(C)cc1. The van der Waals surface area contributed by atoms with Gasteiger partial charge in [-0.05, 0) is 27.7 Å². The second-order valence-corrected chi connectivity index (χ2v) is 3.53. The van der Waals surface area contributed by atoms with Gasteiger partial charge in [0.2, 0.25) is 0 Å². The quantitative estimate of drug-likeness (QED) is 0.505. The zero-order chi connectivity index (χ0) is 12.1. The third-order valence-electron chi connectivity index (χ3n) is 1.55. The van der Waals surface area contributed by atoms with Gasteiger partial charge in [-0.3, -0.25) is 0 Å². The van der Waals surface area contributed by atoms with Gasteiger partial charge in [0.1, 0.15) is 0 Å². The van der Waals surface area contributed by atoms with E-state index in [9.17, 15) is 0 Å². The van der Waals surface area contributed by atoms with Crippen LogP contribution in [0.3, 0.4) is 0 Å². The lowest BCUT2D eigenvalue weighted by molar-refractivity contribution is 1.09. The summed E-state index contributed by atoms with van der Waals surface area (Å²) in [5.74, 6) is 0. The van der Waals surface area contributed by atoms with Gasteiger partial charge in [-0.2, -0.15) is 0 Å². The normalized spacial score (nSPS) is 8.67. The van der Waals surface area contributed by atoms with E-state index in [4.69, 9.17) is 0 Å². The Morgan fingerprint density at radius 3 is 1.13 bits per heavy atom. The van der Waals surface area contributed by atoms with Crippen molar-refractivity contribution in [3.63, 3.8) is 0 Å². The molecule has 0 unspecified atom stereocenters. The molecule has 0 heterocycles. The van der Waals surface area contributed by atoms with Gasteiger partial charge in [-0.1, -0.05) is 67.8 Å². The van der Waals surface area contributed by atoms with E-state index in [2.05, 4.69) is 52.0 Å². The Morgan fingerprint density at radius 2 is 1.00 bits per heavy atom. The standard InChI is InChI=1S/C8H10.C4H8.C3H8/c1-7-3-5-8(2)6-4-7;1-3-4-2;1-3-2/h3-6H,1-2H3;3-4H,1-2H3;3H2,1-2H3/b;4-3+;. The van der Waals surface area contributed by atoms with Crippen LogP contribution in [0.2, 0.25) is 0 Å². The van der Waals surface area contributed by atoms with E-state index in [1.807, 2.05) is 26.0 Å². The maximum Gasteiger partial charge on any atom is -0.0398 e. The van der Waals surface area contributed by atoms with Crippen LogP contribution in [0.25, 0.3) is 0 Å². The minimum absolute atomic E-state index is 1.25. The van der Waals surface area contributed by atoms with Gasteiger partial charge in [0.15, 0.2) is 0 Å². The molecule has 0 amide bonds. The molecule has 0 heteroatoms. The van der Waals surface area contributed by atoms with Gasteiger partial charge in [0.25, 0.3) is 0 Å². The highest BCUT2D eigenvalue weighted by molar-refractivity contribution is 5.19. The lowest BCUT2D eigenvalue weighted by Crippen LogP contribution is -1.70. The lowest BCUT2D eigenvalue weighted by atomic mass is 10.2. The first-order valence-corrected chi connectivity index (χ1v) is 5.72. The smallest absolute Gasteiger partial charge is 0.0398 e. The van der Waals surface area contributed by atoms with E-state index in [0.717, 1.165) is 0 Å². The highest BCUT2D eigenvalue weighted by atomic mass is 13.9. The fraction of sp³-hybridized carbons (Fsp3) is 0.467. The molecule has 1 aromatic carbocycles. The third kappa shape index (κ3) is 15.7. The average Bonchev–Trinajstić information content (AvgIpc) is 2.24. The summed E-state index contributed by atoms with van der Waals surface area (Å²) < 4.78 is 0. The van der Waals surface area contributed by atoms with Crippen LogP contribution in [0.4, 0.5) is 0 Å². The first-order valence-electron chi connectivity index (χ1n) is 5.72. The molecule has 0 saturated carbocycles. The Bertz CT molecular complexity index is 204. The van der Waals surface area contributed by atoms with E-state index in [1.165, 1.54) is 17.5 Å². The van der Waals surface area contributed by atoms with Crippen molar-refractivity contribution in [1.82, 2.24) is 0 Å². The topological polar surface area (TPSA) is 0 Å². The number of aryl methyl sites for hydroxylation is 2. The molecular formula is C15H26. The fourth-order valence-corrected chi connectivity index (χ4v) is 0.637. The van der Waals surface area contributed by atoms with Crippen molar-refractivity contribution in [2.75, 3.05) is 0 Å². The van der Waals surface area contributed by atoms with E-state index in [1.54, 1.807) is 0 Å². The van der Waals surface area contributed by atoms with Crippen LogP contribution in [-0.2, 0) is 0 Å². The molecule has 1 rings (SSSR count). The number of hydrogen-bond acceptors (Lipinski definition) is 0. The minimum Gasteiger partial charge on any atom is -0.0919 e. The first kappa shape index (κ1) is 16.4. The van der Waals surface area contributed by atoms with Crippen molar-refractivity contribution in [3.05, 3.63) is 47.5 Å². The molecular weight excluding hydrogens is 180 g/mol. The van der Waals surface area contributed by atoms with Crippen LogP contribution in [0.1, 0.15) is 45.2 Å². The predicted octanol–water partition coefficient (Wildman–Crippen LogP) is 5.30. The molecule has 0 nitrogen and oxygen atoms in total. The molecule has 1 aromatic rings. The van der Waals surface area contributed by atoms with Crippen LogP contribution in [0.15, 0.2) is 36.4 Å². The summed E-state index contributed by atoms with van der Waals surface area (Å²) in [6, 6.07) is 8.48. The molecule has 0 N–H and O–H groups in total. The second-order valence-electron chi connectivity index (χ2n) is 3.53. The number of hydrogen-bond donors (Lipinski definition) is 0. The predicted molar refractivity (Wildman–Crippen MR) is 72.4 cm³/mol. The molecule has 0 aliphatic carbocycles. The van der Waals surface area contributed by atoms with Crippen LogP contribution in [0, 0.1) is 13.8 Å². The minimum atomic E-state index is 1.25. The summed E-state index contributed by atoms with van der Waals surface area (Å²) in [5, 5.41) is 0. The third-order valence-corrected chi connectivity index (χ3v) is 1.55. The maximum absolute atomic E-state index is 2.12. The fourth-order valence-electron chi connectivity index (χ4n) is 0.637. The summed E-state index contributed by atoms with van der Waals surface area (Å²) in [6.45, 7) is 12.4. The molecule has 0 aliphatic rings. The van der Waals surface area contributed by atoms with Gasteiger partial charge < -0.3 is 0 Å². The molecule has 15 heavy (non-hydrogen) atoms. The molecule has 86 valence electrons. The summed E-state index contributed by atoms with van der Waals surface area (Å²) in [5.41, 5.74) is 2.66. The van der Waals surface area contributed by atoms with Gasteiger partial charge in [-0.15, -0.1) is 0 Å². The van der Waals surface area contributed by atoms with E-state index < -0.39 is 0 Å². The van der Waals surface area contributed by atoms with Crippen molar-refractivity contribution >= 4 is 0 Å². The monoisotopic (exact) mass is 206 g/mol. The number of benzene rings is 1. The van der Waals surface area contributed by atoms with Crippen LogP contribution < -0.4 is 0 Å². The number of rotatable bonds is 0. The molecule has 0 bridgehead atoms. The van der Waals surface area contributed by atoms with Gasteiger partial charge in [0, 0.05) is 0 Å². The molecule has 0 atom stereocenters. The summed E-state index contributed by atoms with van der Waals surface area (Å²) in [6.07, 6.45) is 5.25. The molecule has 0 aliphatic heterocycles. The zero-order valence-electron chi connectivity index (χ0n) is 11.2. The first-order chi connectivity index (χ1) is 7.12. The van der Waals surface area contributed by atoms with Gasteiger partial charge >= 0.3 is 0 Å². The Kier molecular flexibility index (Phi) is 14.2. The van der Waals surface area contributed by atoms with Crippen molar-refractivity contribution in [2.45, 2.75) is 48.0 Å². The highest BCUT2D eigenvalue weighted by Crippen LogP contribution is 1.99. The van der Waals surface area contributed by atoms with Crippen molar-refractivity contribution in [2.24, 2.45) is 0 Å². The van der Waals surface area contributed by atoms with Crippen LogP contribution in [0.5, 0.6) is 0 Å². The highest BCUT2D eigenvalue weighted by Gasteiger charge is 1.79. The Balaban J connectivity index is 0. The zero-order valence-corrected chi connectivity index (χ0v) is 11.2. The summed E-state index contributed by atoms with van der Waals surface area (Å²) >= 11 is 0. The van der Waals surface area contributed by atoms with E-state index >= 15 is 0 Å². The molecule has 0 fully saturated rings. The Hall–Kier alpha value is -1.04. The summed E-state index contributed by atoms with van der Waals surface area (Å²) in [4.78, 5) is 0. The van der Waals surface area contributed by atoms with Gasteiger partial charge in [-0.25, -0.2) is 0 Å². The molecule has 0 saturated heterocycles. The molecule has 0 spiro atoms. The van der Waals surface area contributed by atoms with Gasteiger partial charge in [0.05, 0.1) is 0 Å². The number of allylic oxidation sites excluding steroid dienone is 2. The van der Waals surface area contributed by atoms with Crippen molar-refractivity contribution in [1.29, 1.82) is 0 Å². The maximum atomic E-state index is 2.12. The second kappa shape index (κ2) is 13.0. The Labute approximate surface area is 96.0 Å². The molecule has 0 aromatic heterocycles. The van der Waals surface area contributed by atoms with E-state index in [-0.39, 0.29) is 0 Å². The van der Waals surface area contributed by atoms with Crippen LogP contribution in [-0.4, -0.2) is 0 Å². The average molecular weight is 206 g/mol. The van der Waals surface area contributed by atoms with Crippen molar-refractivity contribution < 1.29 is 0 Å². The summed E-state index contributed by atoms with van der Waals surface area (Å²) in [7, 11) is 0. The van der Waals surface area contributed by atoms with Crippen LogP contribution >= 0.6 is 0 Å². The largest absolute Gasteiger partial charge is 0.0919 e. The molecule has 0 radical (unpaired) electrons. The lowest BCUT2D eigenvalue weighted by Gasteiger charge is -1.90. The van der Waals surface area contributed by atoms with E-state index in [0.29, 0.717) is 0 Å². The van der Waals surface area contributed by atoms with Crippen molar-refractivity contribution in [3.8, 4) is 0 Å². The Morgan fingerprint density at radius 1 is 0.800 bits per heavy atom.